The molecule has 0 aliphatic rings. The van der Waals surface area contributed by atoms with E-state index in [9.17, 15) is 8.42 Å². The van der Waals surface area contributed by atoms with E-state index in [0.29, 0.717) is 0 Å². The van der Waals surface area contributed by atoms with Gasteiger partial charge >= 0.3 is 0 Å². The minimum atomic E-state index is -3.57. The van der Waals surface area contributed by atoms with Crippen LogP contribution in [0.5, 0.6) is 0 Å². The molecule has 14 heavy (non-hydrogen) atoms. The van der Waals surface area contributed by atoms with Crippen molar-refractivity contribution < 1.29 is 13.5 Å². The van der Waals surface area contributed by atoms with Gasteiger partial charge in [0.2, 0.25) is 0 Å². The Morgan fingerprint density at radius 1 is 1.71 bits per heavy atom. The van der Waals surface area contributed by atoms with Crippen LogP contribution in [0, 0.1) is 0 Å². The third-order valence-corrected chi connectivity index (χ3v) is 3.35. The zero-order valence-electron chi connectivity index (χ0n) is 8.01. The maximum atomic E-state index is 11.6. The summed E-state index contributed by atoms with van der Waals surface area (Å²) in [5.41, 5.74) is 0. The average molecular weight is 219 g/mol. The summed E-state index contributed by atoms with van der Waals surface area (Å²) in [6.45, 7) is 1.34. The molecule has 0 saturated heterocycles. The maximum absolute atomic E-state index is 11.6. The Labute approximate surface area is 82.6 Å². The lowest BCUT2D eigenvalue weighted by Gasteiger charge is -2.10. The normalized spacial score (nSPS) is 14.2. The van der Waals surface area contributed by atoms with E-state index < -0.39 is 16.1 Å². The van der Waals surface area contributed by atoms with Gasteiger partial charge in [0.05, 0.1) is 12.8 Å². The molecule has 0 aromatic carbocycles. The van der Waals surface area contributed by atoms with Crippen molar-refractivity contribution in [2.45, 2.75) is 18.0 Å². The molecule has 0 spiro atoms. The van der Waals surface area contributed by atoms with Gasteiger partial charge in [0, 0.05) is 13.1 Å². The minimum absolute atomic E-state index is 0.0813. The maximum Gasteiger partial charge on any atom is 0.258 e. The standard InChI is InChI=1S/C7H13N3O3S/c1-6(5-11)9-14(12,13)7-3-4-8-10(7)2/h3-4,6,9,11H,5H2,1-2H3/t6-/m1/s1. The van der Waals surface area contributed by atoms with Crippen LogP contribution < -0.4 is 4.72 Å². The second-order valence-corrected chi connectivity index (χ2v) is 4.66. The molecule has 0 saturated carbocycles. The zero-order valence-corrected chi connectivity index (χ0v) is 8.82. The van der Waals surface area contributed by atoms with E-state index in [2.05, 4.69) is 9.82 Å². The van der Waals surface area contributed by atoms with Crippen LogP contribution >= 0.6 is 0 Å². The summed E-state index contributed by atoms with van der Waals surface area (Å²) in [4.78, 5) is 0. The molecule has 1 aromatic rings. The molecule has 0 bridgehead atoms. The first-order valence-electron chi connectivity index (χ1n) is 4.08. The smallest absolute Gasteiger partial charge is 0.258 e. The van der Waals surface area contributed by atoms with Gasteiger partial charge in [0.15, 0.2) is 5.03 Å². The summed E-state index contributed by atoms with van der Waals surface area (Å²) in [7, 11) is -2.03. The Bertz CT molecular complexity index is 398. The molecule has 0 aliphatic carbocycles. The van der Waals surface area contributed by atoms with E-state index >= 15 is 0 Å². The first-order chi connectivity index (χ1) is 6.47. The number of hydrogen-bond acceptors (Lipinski definition) is 4. The Morgan fingerprint density at radius 2 is 2.36 bits per heavy atom. The highest BCUT2D eigenvalue weighted by Gasteiger charge is 2.19. The van der Waals surface area contributed by atoms with Crippen LogP contribution in [0.3, 0.4) is 0 Å². The Balaban J connectivity index is 2.92. The molecule has 1 rings (SSSR count). The van der Waals surface area contributed by atoms with Gasteiger partial charge in [-0.15, -0.1) is 0 Å². The van der Waals surface area contributed by atoms with Gasteiger partial charge in [-0.3, -0.25) is 4.68 Å². The van der Waals surface area contributed by atoms with Crippen molar-refractivity contribution in [1.29, 1.82) is 0 Å². The third kappa shape index (κ3) is 2.31. The van der Waals surface area contributed by atoms with Crippen LogP contribution in [-0.2, 0) is 17.1 Å². The van der Waals surface area contributed by atoms with Gasteiger partial charge in [-0.2, -0.15) is 5.10 Å². The third-order valence-electron chi connectivity index (χ3n) is 1.68. The lowest BCUT2D eigenvalue weighted by Crippen LogP contribution is -2.35. The molecule has 1 aromatic heterocycles. The number of nitrogens with one attached hydrogen (secondary N) is 1. The fraction of sp³-hybridized carbons (Fsp3) is 0.571. The van der Waals surface area contributed by atoms with E-state index in [1.807, 2.05) is 0 Å². The topological polar surface area (TPSA) is 84.2 Å². The number of aryl methyl sites for hydroxylation is 1. The number of aromatic nitrogens is 2. The van der Waals surface area contributed by atoms with Crippen molar-refractivity contribution in [3.05, 3.63) is 12.3 Å². The lowest BCUT2D eigenvalue weighted by molar-refractivity contribution is 0.265. The summed E-state index contributed by atoms with van der Waals surface area (Å²) >= 11 is 0. The van der Waals surface area contributed by atoms with Crippen LogP contribution in [0.25, 0.3) is 0 Å². The molecule has 6 nitrogen and oxygen atoms in total. The number of aliphatic hydroxyl groups is 1. The van der Waals surface area contributed by atoms with Crippen molar-refractivity contribution in [2.75, 3.05) is 6.61 Å². The predicted octanol–water partition coefficient (Wildman–Crippen LogP) is -0.921. The SMILES string of the molecule is C[C@H](CO)NS(=O)(=O)c1ccnn1C. The van der Waals surface area contributed by atoms with E-state index in [1.165, 1.54) is 24.0 Å². The number of sulfonamides is 1. The molecule has 1 atom stereocenters. The van der Waals surface area contributed by atoms with Crippen molar-refractivity contribution in [2.24, 2.45) is 7.05 Å². The first kappa shape index (κ1) is 11.2. The second-order valence-electron chi connectivity index (χ2n) is 3.00. The molecule has 2 N–H and O–H groups in total. The monoisotopic (exact) mass is 219 g/mol. The van der Waals surface area contributed by atoms with Crippen molar-refractivity contribution >= 4 is 10.0 Å². The van der Waals surface area contributed by atoms with Gasteiger partial charge in [-0.05, 0) is 13.0 Å². The second kappa shape index (κ2) is 4.07. The quantitative estimate of drug-likeness (QED) is 0.686. The molecule has 0 radical (unpaired) electrons. The van der Waals surface area contributed by atoms with Gasteiger partial charge in [0.1, 0.15) is 0 Å². The number of rotatable bonds is 4. The zero-order chi connectivity index (χ0) is 10.8. The number of aliphatic hydroxyl groups excluding tert-OH is 1. The molecular formula is C7H13N3O3S. The summed E-state index contributed by atoms with van der Waals surface area (Å²) < 4.78 is 26.8. The van der Waals surface area contributed by atoms with Crippen molar-refractivity contribution in [3.8, 4) is 0 Å². The van der Waals surface area contributed by atoms with Crippen LogP contribution in [0.1, 0.15) is 6.92 Å². The van der Waals surface area contributed by atoms with Crippen molar-refractivity contribution in [3.63, 3.8) is 0 Å². The van der Waals surface area contributed by atoms with Crippen LogP contribution in [0.15, 0.2) is 17.3 Å². The highest BCUT2D eigenvalue weighted by atomic mass is 32.2. The number of hydrogen-bond donors (Lipinski definition) is 2. The highest BCUT2D eigenvalue weighted by molar-refractivity contribution is 7.89. The van der Waals surface area contributed by atoms with Crippen LogP contribution in [0.2, 0.25) is 0 Å². The first-order valence-corrected chi connectivity index (χ1v) is 5.57. The minimum Gasteiger partial charge on any atom is -0.395 e. The van der Waals surface area contributed by atoms with E-state index in [1.54, 1.807) is 6.92 Å². The van der Waals surface area contributed by atoms with Gasteiger partial charge in [0.25, 0.3) is 10.0 Å². The van der Waals surface area contributed by atoms with Gasteiger partial charge < -0.3 is 5.11 Å². The number of nitrogens with zero attached hydrogens (tertiary/aromatic N) is 2. The fourth-order valence-electron chi connectivity index (χ4n) is 0.988. The van der Waals surface area contributed by atoms with Crippen LogP contribution in [0.4, 0.5) is 0 Å². The molecular weight excluding hydrogens is 206 g/mol. The van der Waals surface area contributed by atoms with E-state index in [-0.39, 0.29) is 11.6 Å². The summed E-state index contributed by atoms with van der Waals surface area (Å²) in [5.74, 6) is 0. The van der Waals surface area contributed by atoms with E-state index in [4.69, 9.17) is 5.11 Å². The highest BCUT2D eigenvalue weighted by Crippen LogP contribution is 2.06. The Kier molecular flexibility index (Phi) is 3.25. The molecule has 0 unspecified atom stereocenters. The molecule has 0 amide bonds. The summed E-state index contributed by atoms with van der Waals surface area (Å²) in [5, 5.41) is 12.5. The summed E-state index contributed by atoms with van der Waals surface area (Å²) in [6.07, 6.45) is 1.40. The predicted molar refractivity (Wildman–Crippen MR) is 50.1 cm³/mol. The van der Waals surface area contributed by atoms with Crippen molar-refractivity contribution in [1.82, 2.24) is 14.5 Å². The Hall–Kier alpha value is -0.920. The summed E-state index contributed by atoms with van der Waals surface area (Å²) in [6, 6.07) is 0.891. The Morgan fingerprint density at radius 3 is 2.79 bits per heavy atom. The average Bonchev–Trinajstić information content (AvgIpc) is 2.51. The van der Waals surface area contributed by atoms with Crippen LogP contribution in [-0.4, -0.2) is 36.0 Å². The molecule has 7 heteroatoms. The van der Waals surface area contributed by atoms with E-state index in [0.717, 1.165) is 0 Å². The van der Waals surface area contributed by atoms with Gasteiger partial charge in [-0.25, -0.2) is 13.1 Å². The molecule has 0 fully saturated rings. The lowest BCUT2D eigenvalue weighted by atomic mass is 10.4. The molecule has 1 heterocycles. The largest absolute Gasteiger partial charge is 0.395 e. The fourth-order valence-corrected chi connectivity index (χ4v) is 2.35. The molecule has 0 aliphatic heterocycles. The molecule has 80 valence electrons. The van der Waals surface area contributed by atoms with Gasteiger partial charge in [-0.1, -0.05) is 0 Å².